The van der Waals surface area contributed by atoms with Crippen molar-refractivity contribution in [3.63, 3.8) is 0 Å². The molecule has 134 valence electrons. The fraction of sp³-hybridized carbons (Fsp3) is 0.500. The van der Waals surface area contributed by atoms with Gasteiger partial charge >= 0.3 is 5.97 Å². The maximum atomic E-state index is 12.4. The van der Waals surface area contributed by atoms with Gasteiger partial charge in [-0.3, -0.25) is 14.4 Å². The normalized spacial score (nSPS) is 21.7. The number of methoxy groups -OCH3 is 2. The lowest BCUT2D eigenvalue weighted by molar-refractivity contribution is -0.151. The van der Waals surface area contributed by atoms with Gasteiger partial charge in [-0.15, -0.1) is 0 Å². The van der Waals surface area contributed by atoms with Crippen LogP contribution >= 0.6 is 0 Å². The largest absolute Gasteiger partial charge is 0.497 e. The average Bonchev–Trinajstić information content (AvgIpc) is 3.37. The highest BCUT2D eigenvalue weighted by atomic mass is 16.5. The minimum absolute atomic E-state index is 0.189. The molecule has 2 saturated carbocycles. The van der Waals surface area contributed by atoms with Crippen LogP contribution in [0.25, 0.3) is 0 Å². The highest BCUT2D eigenvalue weighted by Crippen LogP contribution is 2.36. The fourth-order valence-corrected chi connectivity index (χ4v) is 2.86. The molecule has 0 aliphatic heterocycles. The summed E-state index contributed by atoms with van der Waals surface area (Å²) in [6, 6.07) is 5.19. The maximum Gasteiger partial charge on any atom is 0.308 e. The standard InChI is InChI=1S/C18H22N2O5/c1-24-13-5-6-15(14(9-13)17(22)19-12-3-4-12)20-16(21)10-7-11(8-10)18(23)25-2/h5-6,9-12H,3-4,7-8H2,1-2H3,(H,19,22)(H,20,21). The maximum absolute atomic E-state index is 12.4. The first kappa shape index (κ1) is 17.3. The summed E-state index contributed by atoms with van der Waals surface area (Å²) >= 11 is 0. The Kier molecular flexibility index (Phi) is 4.92. The van der Waals surface area contributed by atoms with Crippen molar-refractivity contribution in [1.82, 2.24) is 5.32 Å². The van der Waals surface area contributed by atoms with Gasteiger partial charge in [0.15, 0.2) is 0 Å². The molecule has 2 aliphatic rings. The first-order valence-electron chi connectivity index (χ1n) is 8.39. The van der Waals surface area contributed by atoms with Gasteiger partial charge in [0, 0.05) is 12.0 Å². The SMILES string of the molecule is COC(=O)C1CC(C(=O)Nc2ccc(OC)cc2C(=O)NC2CC2)C1. The number of rotatable bonds is 6. The Balaban J connectivity index is 1.67. The second kappa shape index (κ2) is 7.13. The highest BCUT2D eigenvalue weighted by Gasteiger charge is 2.39. The van der Waals surface area contributed by atoms with Crippen LogP contribution in [0.5, 0.6) is 5.75 Å². The summed E-state index contributed by atoms with van der Waals surface area (Å²) in [4.78, 5) is 36.2. The topological polar surface area (TPSA) is 93.7 Å². The molecule has 0 heterocycles. The van der Waals surface area contributed by atoms with Crippen LogP contribution in [0.15, 0.2) is 18.2 Å². The molecule has 0 radical (unpaired) electrons. The molecule has 1 aromatic rings. The lowest BCUT2D eigenvalue weighted by Crippen LogP contribution is -2.39. The smallest absolute Gasteiger partial charge is 0.308 e. The Morgan fingerprint density at radius 3 is 2.40 bits per heavy atom. The molecule has 1 aromatic carbocycles. The molecular formula is C18H22N2O5. The van der Waals surface area contributed by atoms with E-state index in [1.807, 2.05) is 0 Å². The minimum atomic E-state index is -0.280. The zero-order valence-corrected chi connectivity index (χ0v) is 14.3. The number of ether oxygens (including phenoxy) is 2. The lowest BCUT2D eigenvalue weighted by atomic mass is 9.74. The molecule has 3 rings (SSSR count). The van der Waals surface area contributed by atoms with Crippen LogP contribution < -0.4 is 15.4 Å². The number of esters is 1. The van der Waals surface area contributed by atoms with Crippen LogP contribution in [0, 0.1) is 11.8 Å². The number of amides is 2. The quantitative estimate of drug-likeness (QED) is 0.765. The van der Waals surface area contributed by atoms with Crippen LogP contribution in [0.2, 0.25) is 0 Å². The summed E-state index contributed by atoms with van der Waals surface area (Å²) in [5.41, 5.74) is 0.828. The zero-order chi connectivity index (χ0) is 18.0. The van der Waals surface area contributed by atoms with Gasteiger partial charge in [-0.05, 0) is 43.9 Å². The van der Waals surface area contributed by atoms with Crippen molar-refractivity contribution in [3.05, 3.63) is 23.8 Å². The number of hydrogen-bond donors (Lipinski definition) is 2. The second-order valence-electron chi connectivity index (χ2n) is 6.54. The van der Waals surface area contributed by atoms with Gasteiger partial charge in [0.1, 0.15) is 5.75 Å². The molecule has 0 spiro atoms. The summed E-state index contributed by atoms with van der Waals surface area (Å²) in [5.74, 6) is -0.602. The number of nitrogens with one attached hydrogen (secondary N) is 2. The molecule has 0 saturated heterocycles. The monoisotopic (exact) mass is 346 g/mol. The summed E-state index contributed by atoms with van der Waals surface area (Å²) in [6.07, 6.45) is 2.90. The van der Waals surface area contributed by atoms with Gasteiger partial charge in [-0.1, -0.05) is 0 Å². The molecule has 0 aromatic heterocycles. The van der Waals surface area contributed by atoms with Crippen molar-refractivity contribution in [2.24, 2.45) is 11.8 Å². The van der Waals surface area contributed by atoms with Crippen molar-refractivity contribution in [2.75, 3.05) is 19.5 Å². The van der Waals surface area contributed by atoms with Gasteiger partial charge in [-0.2, -0.15) is 0 Å². The minimum Gasteiger partial charge on any atom is -0.497 e. The van der Waals surface area contributed by atoms with Gasteiger partial charge in [0.2, 0.25) is 5.91 Å². The van der Waals surface area contributed by atoms with Crippen LogP contribution in [0.1, 0.15) is 36.0 Å². The third-order valence-electron chi connectivity index (χ3n) is 4.69. The third-order valence-corrected chi connectivity index (χ3v) is 4.69. The third kappa shape index (κ3) is 3.92. The van der Waals surface area contributed by atoms with E-state index in [0.717, 1.165) is 12.8 Å². The number of hydrogen-bond acceptors (Lipinski definition) is 5. The Morgan fingerprint density at radius 1 is 1.08 bits per heavy atom. The van der Waals surface area contributed by atoms with Crippen molar-refractivity contribution in [2.45, 2.75) is 31.7 Å². The van der Waals surface area contributed by atoms with E-state index >= 15 is 0 Å². The molecule has 2 fully saturated rings. The van der Waals surface area contributed by atoms with Crippen molar-refractivity contribution in [3.8, 4) is 5.75 Å². The Hall–Kier alpha value is -2.57. The Bertz CT molecular complexity index is 693. The van der Waals surface area contributed by atoms with Gasteiger partial charge in [0.05, 0.1) is 31.4 Å². The van der Waals surface area contributed by atoms with Crippen LogP contribution in [0.3, 0.4) is 0 Å². The van der Waals surface area contributed by atoms with Crippen LogP contribution in [-0.2, 0) is 14.3 Å². The van der Waals surface area contributed by atoms with E-state index in [4.69, 9.17) is 4.74 Å². The molecule has 0 unspecified atom stereocenters. The Morgan fingerprint density at radius 2 is 1.80 bits per heavy atom. The van der Waals surface area contributed by atoms with E-state index in [1.165, 1.54) is 14.2 Å². The summed E-state index contributed by atoms with van der Waals surface area (Å²) < 4.78 is 9.86. The predicted molar refractivity (Wildman–Crippen MR) is 90.3 cm³/mol. The van der Waals surface area contributed by atoms with Crippen LogP contribution in [0.4, 0.5) is 5.69 Å². The van der Waals surface area contributed by atoms with Crippen LogP contribution in [-0.4, -0.2) is 38.0 Å². The van der Waals surface area contributed by atoms with Crippen molar-refractivity contribution in [1.29, 1.82) is 0 Å². The average molecular weight is 346 g/mol. The molecule has 0 atom stereocenters. The molecular weight excluding hydrogens is 324 g/mol. The van der Waals surface area contributed by atoms with E-state index in [9.17, 15) is 14.4 Å². The van der Waals surface area contributed by atoms with E-state index in [0.29, 0.717) is 29.8 Å². The summed E-state index contributed by atoms with van der Waals surface area (Å²) in [5, 5.41) is 5.72. The Labute approximate surface area is 146 Å². The van der Waals surface area contributed by atoms with Gasteiger partial charge < -0.3 is 20.1 Å². The molecule has 2 aliphatic carbocycles. The van der Waals surface area contributed by atoms with E-state index in [1.54, 1.807) is 18.2 Å². The molecule has 0 bridgehead atoms. The van der Waals surface area contributed by atoms with Gasteiger partial charge in [-0.25, -0.2) is 0 Å². The summed E-state index contributed by atoms with van der Waals surface area (Å²) in [7, 11) is 2.87. The van der Waals surface area contributed by atoms with Crippen molar-refractivity contribution < 1.29 is 23.9 Å². The molecule has 2 amide bonds. The number of benzene rings is 1. The lowest BCUT2D eigenvalue weighted by Gasteiger charge is -2.32. The molecule has 7 heteroatoms. The first-order chi connectivity index (χ1) is 12.0. The predicted octanol–water partition coefficient (Wildman–Crippen LogP) is 1.73. The molecule has 7 nitrogen and oxygen atoms in total. The zero-order valence-electron chi connectivity index (χ0n) is 14.3. The fourth-order valence-electron chi connectivity index (χ4n) is 2.86. The first-order valence-corrected chi connectivity index (χ1v) is 8.39. The van der Waals surface area contributed by atoms with E-state index < -0.39 is 0 Å². The van der Waals surface area contributed by atoms with E-state index in [2.05, 4.69) is 15.4 Å². The number of carbonyl (C=O) groups excluding carboxylic acids is 3. The molecule has 25 heavy (non-hydrogen) atoms. The van der Waals surface area contributed by atoms with Gasteiger partial charge in [0.25, 0.3) is 5.91 Å². The number of anilines is 1. The van der Waals surface area contributed by atoms with Crippen molar-refractivity contribution >= 4 is 23.5 Å². The highest BCUT2D eigenvalue weighted by molar-refractivity contribution is 6.05. The molecule has 2 N–H and O–H groups in total. The van der Waals surface area contributed by atoms with E-state index in [-0.39, 0.29) is 35.7 Å². The summed E-state index contributed by atoms with van der Waals surface area (Å²) in [6.45, 7) is 0. The second-order valence-corrected chi connectivity index (χ2v) is 6.54. The number of carbonyl (C=O) groups is 3.